The van der Waals surface area contributed by atoms with Gasteiger partial charge in [0.05, 0.1) is 12.0 Å². The Labute approximate surface area is 91.3 Å². The van der Waals surface area contributed by atoms with E-state index in [0.717, 1.165) is 12.0 Å². The minimum Gasteiger partial charge on any atom is -0.493 e. The molecule has 0 N–H and O–H groups in total. The Morgan fingerprint density at radius 3 is 2.20 bits per heavy atom. The van der Waals surface area contributed by atoms with Crippen LogP contribution in [0.2, 0.25) is 0 Å². The van der Waals surface area contributed by atoms with Crippen molar-refractivity contribution in [2.45, 2.75) is 27.7 Å². The molecule has 2 nitrogen and oxygen atoms in total. The smallest absolute Gasteiger partial charge is 0.128 e. The van der Waals surface area contributed by atoms with E-state index in [1.165, 1.54) is 11.1 Å². The molecule has 1 aromatic rings. The third-order valence-electron chi connectivity index (χ3n) is 2.13. The number of benzene rings is 1. The summed E-state index contributed by atoms with van der Waals surface area (Å²) in [7, 11) is 0. The van der Waals surface area contributed by atoms with Crippen molar-refractivity contribution in [3.63, 3.8) is 0 Å². The summed E-state index contributed by atoms with van der Waals surface area (Å²) in [6.45, 7) is 8.21. The second-order valence-corrected chi connectivity index (χ2v) is 4.72. The van der Waals surface area contributed by atoms with Gasteiger partial charge in [0.1, 0.15) is 12.0 Å². The average molecular weight is 206 g/mol. The first kappa shape index (κ1) is 11.8. The van der Waals surface area contributed by atoms with Gasteiger partial charge in [-0.25, -0.2) is 0 Å². The number of hydrogen-bond donors (Lipinski definition) is 0. The molecule has 0 saturated carbocycles. The Hall–Kier alpha value is -1.31. The van der Waals surface area contributed by atoms with Crippen LogP contribution in [0.1, 0.15) is 25.0 Å². The average Bonchev–Trinajstić information content (AvgIpc) is 2.14. The van der Waals surface area contributed by atoms with E-state index in [1.807, 2.05) is 39.8 Å². The molecule has 15 heavy (non-hydrogen) atoms. The summed E-state index contributed by atoms with van der Waals surface area (Å²) >= 11 is 0. The van der Waals surface area contributed by atoms with Crippen molar-refractivity contribution in [2.75, 3.05) is 6.61 Å². The second kappa shape index (κ2) is 4.47. The maximum Gasteiger partial charge on any atom is 0.128 e. The van der Waals surface area contributed by atoms with Crippen LogP contribution < -0.4 is 4.74 Å². The molecule has 0 saturated heterocycles. The molecule has 1 aromatic carbocycles. The molecule has 0 amide bonds. The molecule has 0 fully saturated rings. The quantitative estimate of drug-likeness (QED) is 0.708. The van der Waals surface area contributed by atoms with Crippen molar-refractivity contribution in [3.8, 4) is 5.75 Å². The number of rotatable bonds is 4. The van der Waals surface area contributed by atoms with Crippen LogP contribution in [0.25, 0.3) is 0 Å². The molecule has 0 aliphatic heterocycles. The molecule has 0 aliphatic rings. The third-order valence-corrected chi connectivity index (χ3v) is 2.13. The minimum absolute atomic E-state index is 0.416. The molecule has 0 spiro atoms. The zero-order valence-corrected chi connectivity index (χ0v) is 9.83. The molecular formula is C13H18O2. The summed E-state index contributed by atoms with van der Waals surface area (Å²) in [5.41, 5.74) is 1.93. The highest BCUT2D eigenvalue weighted by molar-refractivity contribution is 5.58. The van der Waals surface area contributed by atoms with Crippen LogP contribution in [0.5, 0.6) is 5.75 Å². The Morgan fingerprint density at radius 1 is 1.20 bits per heavy atom. The number of carbonyl (C=O) groups is 1. The monoisotopic (exact) mass is 206 g/mol. The number of hydrogen-bond acceptors (Lipinski definition) is 2. The van der Waals surface area contributed by atoms with Gasteiger partial charge in [0.25, 0.3) is 0 Å². The lowest BCUT2D eigenvalue weighted by Crippen LogP contribution is -2.22. The van der Waals surface area contributed by atoms with Crippen LogP contribution in [0.15, 0.2) is 18.2 Å². The van der Waals surface area contributed by atoms with Crippen molar-refractivity contribution in [2.24, 2.45) is 5.41 Å². The van der Waals surface area contributed by atoms with E-state index in [0.29, 0.717) is 6.61 Å². The summed E-state index contributed by atoms with van der Waals surface area (Å²) in [4.78, 5) is 10.7. The Morgan fingerprint density at radius 2 is 1.73 bits per heavy atom. The van der Waals surface area contributed by atoms with Crippen molar-refractivity contribution in [3.05, 3.63) is 29.3 Å². The molecule has 0 heterocycles. The van der Waals surface area contributed by atoms with E-state index in [1.54, 1.807) is 0 Å². The third kappa shape index (κ3) is 3.74. The maximum absolute atomic E-state index is 10.7. The summed E-state index contributed by atoms with van der Waals surface area (Å²) in [6, 6.07) is 6.06. The number of aryl methyl sites for hydroxylation is 2. The molecule has 0 aliphatic carbocycles. The largest absolute Gasteiger partial charge is 0.493 e. The highest BCUT2D eigenvalue weighted by Gasteiger charge is 2.17. The van der Waals surface area contributed by atoms with Crippen LogP contribution in [0, 0.1) is 19.3 Å². The number of ether oxygens (including phenoxy) is 1. The van der Waals surface area contributed by atoms with Crippen molar-refractivity contribution in [1.29, 1.82) is 0 Å². The first-order valence-corrected chi connectivity index (χ1v) is 5.10. The Kier molecular flexibility index (Phi) is 3.51. The molecule has 0 aromatic heterocycles. The van der Waals surface area contributed by atoms with E-state index >= 15 is 0 Å². The van der Waals surface area contributed by atoms with Gasteiger partial charge in [0, 0.05) is 0 Å². The van der Waals surface area contributed by atoms with Gasteiger partial charge >= 0.3 is 0 Å². The van der Waals surface area contributed by atoms with Crippen LogP contribution in [0.3, 0.4) is 0 Å². The standard InChI is InChI=1S/C13H18O2/c1-10-5-11(2)7-12(6-10)15-9-13(3,4)8-14/h5-8H,9H2,1-4H3. The lowest BCUT2D eigenvalue weighted by atomic mass is 9.98. The van der Waals surface area contributed by atoms with Crippen LogP contribution >= 0.6 is 0 Å². The normalized spacial score (nSPS) is 11.2. The molecule has 0 atom stereocenters. The summed E-state index contributed by atoms with van der Waals surface area (Å²) in [5, 5.41) is 0. The highest BCUT2D eigenvalue weighted by atomic mass is 16.5. The second-order valence-electron chi connectivity index (χ2n) is 4.72. The molecule has 2 heteroatoms. The maximum atomic E-state index is 10.7. The minimum atomic E-state index is -0.419. The van der Waals surface area contributed by atoms with Crippen LogP contribution in [-0.4, -0.2) is 12.9 Å². The van der Waals surface area contributed by atoms with E-state index in [2.05, 4.69) is 6.07 Å². The van der Waals surface area contributed by atoms with Crippen molar-refractivity contribution < 1.29 is 9.53 Å². The molecular weight excluding hydrogens is 188 g/mol. The van der Waals surface area contributed by atoms with E-state index in [9.17, 15) is 4.79 Å². The van der Waals surface area contributed by atoms with Gasteiger partial charge < -0.3 is 9.53 Å². The van der Waals surface area contributed by atoms with Gasteiger partial charge in [0.15, 0.2) is 0 Å². The van der Waals surface area contributed by atoms with E-state index in [4.69, 9.17) is 4.74 Å². The fourth-order valence-electron chi connectivity index (χ4n) is 1.32. The van der Waals surface area contributed by atoms with Gasteiger partial charge in [-0.15, -0.1) is 0 Å². The first-order chi connectivity index (χ1) is 6.93. The van der Waals surface area contributed by atoms with E-state index < -0.39 is 5.41 Å². The zero-order valence-electron chi connectivity index (χ0n) is 9.83. The van der Waals surface area contributed by atoms with E-state index in [-0.39, 0.29) is 0 Å². The Balaban J connectivity index is 2.69. The molecule has 82 valence electrons. The number of aldehydes is 1. The molecule has 0 radical (unpaired) electrons. The van der Waals surface area contributed by atoms with Gasteiger partial charge in [-0.3, -0.25) is 0 Å². The zero-order chi connectivity index (χ0) is 11.5. The summed E-state index contributed by atoms with van der Waals surface area (Å²) in [6.07, 6.45) is 0.926. The summed E-state index contributed by atoms with van der Waals surface area (Å²) in [5.74, 6) is 0.836. The highest BCUT2D eigenvalue weighted by Crippen LogP contribution is 2.19. The van der Waals surface area contributed by atoms with Crippen molar-refractivity contribution in [1.82, 2.24) is 0 Å². The first-order valence-electron chi connectivity index (χ1n) is 5.10. The summed E-state index contributed by atoms with van der Waals surface area (Å²) < 4.78 is 5.59. The number of carbonyl (C=O) groups excluding carboxylic acids is 1. The van der Waals surface area contributed by atoms with Gasteiger partial charge in [0.2, 0.25) is 0 Å². The van der Waals surface area contributed by atoms with Gasteiger partial charge in [-0.05, 0) is 51.0 Å². The predicted octanol–water partition coefficient (Wildman–Crippen LogP) is 2.91. The predicted molar refractivity (Wildman–Crippen MR) is 61.3 cm³/mol. The lowest BCUT2D eigenvalue weighted by Gasteiger charge is -2.17. The fraction of sp³-hybridized carbons (Fsp3) is 0.462. The molecule has 0 bridgehead atoms. The lowest BCUT2D eigenvalue weighted by molar-refractivity contribution is -0.116. The van der Waals surface area contributed by atoms with Crippen LogP contribution in [-0.2, 0) is 4.79 Å². The SMILES string of the molecule is Cc1cc(C)cc(OCC(C)(C)C=O)c1. The van der Waals surface area contributed by atoms with Crippen LogP contribution in [0.4, 0.5) is 0 Å². The Bertz CT molecular complexity index is 333. The topological polar surface area (TPSA) is 26.3 Å². The molecule has 0 unspecified atom stereocenters. The van der Waals surface area contributed by atoms with Gasteiger partial charge in [-0.1, -0.05) is 6.07 Å². The molecule has 1 rings (SSSR count). The fourth-order valence-corrected chi connectivity index (χ4v) is 1.32. The van der Waals surface area contributed by atoms with Crippen molar-refractivity contribution >= 4 is 6.29 Å². The van der Waals surface area contributed by atoms with Gasteiger partial charge in [-0.2, -0.15) is 0 Å².